The number of aryl methyl sites for hydroxylation is 1. The molecule has 0 aliphatic carbocycles. The summed E-state index contributed by atoms with van der Waals surface area (Å²) in [6, 6.07) is 5.71. The summed E-state index contributed by atoms with van der Waals surface area (Å²) in [6.07, 6.45) is 10.0. The number of hydrogen-bond donors (Lipinski definition) is 4. The van der Waals surface area contributed by atoms with E-state index < -0.39 is 0 Å². The van der Waals surface area contributed by atoms with E-state index in [1.54, 1.807) is 12.1 Å². The van der Waals surface area contributed by atoms with Crippen LogP contribution in [0, 0.1) is 12.3 Å². The number of allylic oxidation sites excluding steroid dienone is 4. The minimum absolute atomic E-state index is 0.0714. The standard InChI is InChI=1S/C27H37N7O/c1-5-7-23(10-11-30-26(35)20-8-9-24(29)19(4)13-20)34-16-21-15-31-27(33-25(21)17-34)32-22(14-28)12-18(3)6-2/h6,8-9,12-15,23,28H,5,7,10-11,16-17,29H2,1-4H3,(H,30,35)(H,31,32,33)/b18-6-,22-12+,28-14?. The first kappa shape index (κ1) is 26.1. The van der Waals surface area contributed by atoms with Gasteiger partial charge in [-0.1, -0.05) is 25.0 Å². The molecule has 1 aliphatic rings. The predicted octanol–water partition coefficient (Wildman–Crippen LogP) is 4.58. The van der Waals surface area contributed by atoms with Gasteiger partial charge in [-0.15, -0.1) is 0 Å². The first-order valence-electron chi connectivity index (χ1n) is 12.2. The second-order valence-corrected chi connectivity index (χ2v) is 9.03. The Kier molecular flexibility index (Phi) is 9.14. The zero-order valence-electron chi connectivity index (χ0n) is 21.2. The fourth-order valence-electron chi connectivity index (χ4n) is 4.18. The zero-order chi connectivity index (χ0) is 25.4. The first-order chi connectivity index (χ1) is 16.8. The van der Waals surface area contributed by atoms with Crippen LogP contribution in [-0.2, 0) is 13.1 Å². The molecule has 0 saturated heterocycles. The smallest absolute Gasteiger partial charge is 0.251 e. The molecule has 0 spiro atoms. The molecule has 8 heteroatoms. The maximum absolute atomic E-state index is 12.6. The summed E-state index contributed by atoms with van der Waals surface area (Å²) in [7, 11) is 0. The Balaban J connectivity index is 1.60. The van der Waals surface area contributed by atoms with Crippen molar-refractivity contribution >= 4 is 23.8 Å². The number of hydrogen-bond acceptors (Lipinski definition) is 7. The molecule has 35 heavy (non-hydrogen) atoms. The van der Waals surface area contributed by atoms with Crippen LogP contribution in [0.4, 0.5) is 11.6 Å². The molecule has 2 aromatic rings. The number of anilines is 2. The Bertz CT molecular complexity index is 1120. The van der Waals surface area contributed by atoms with Gasteiger partial charge in [0.1, 0.15) is 0 Å². The molecular formula is C27H37N7O. The van der Waals surface area contributed by atoms with E-state index in [4.69, 9.17) is 16.1 Å². The lowest BCUT2D eigenvalue weighted by atomic mass is 10.1. The van der Waals surface area contributed by atoms with Gasteiger partial charge >= 0.3 is 0 Å². The van der Waals surface area contributed by atoms with Gasteiger partial charge in [0, 0.05) is 54.9 Å². The van der Waals surface area contributed by atoms with Crippen molar-refractivity contribution in [2.24, 2.45) is 0 Å². The zero-order valence-corrected chi connectivity index (χ0v) is 21.2. The minimum Gasteiger partial charge on any atom is -0.399 e. The van der Waals surface area contributed by atoms with Gasteiger partial charge in [-0.25, -0.2) is 9.97 Å². The molecule has 0 radical (unpaired) electrons. The SMILES string of the molecule is C/C=C(C)\C=C(/C=N)Nc1ncc2c(n1)CN(C(CCC)CCNC(=O)c1ccc(N)c(C)c1)C2. The largest absolute Gasteiger partial charge is 0.399 e. The van der Waals surface area contributed by atoms with Gasteiger partial charge in [-0.2, -0.15) is 0 Å². The third kappa shape index (κ3) is 6.99. The quantitative estimate of drug-likeness (QED) is 0.214. The Hall–Kier alpha value is -3.52. The van der Waals surface area contributed by atoms with Crippen LogP contribution >= 0.6 is 0 Å². The van der Waals surface area contributed by atoms with Gasteiger partial charge in [0.15, 0.2) is 0 Å². The molecule has 1 atom stereocenters. The van der Waals surface area contributed by atoms with Crippen LogP contribution in [0.1, 0.15) is 67.2 Å². The van der Waals surface area contributed by atoms with Crippen molar-refractivity contribution in [3.63, 3.8) is 0 Å². The number of benzene rings is 1. The summed E-state index contributed by atoms with van der Waals surface area (Å²) in [5, 5.41) is 13.9. The van der Waals surface area contributed by atoms with Crippen molar-refractivity contribution in [3.8, 4) is 0 Å². The summed E-state index contributed by atoms with van der Waals surface area (Å²) < 4.78 is 0. The van der Waals surface area contributed by atoms with Gasteiger partial charge in [0.2, 0.25) is 5.95 Å². The topological polar surface area (TPSA) is 120 Å². The number of amides is 1. The van der Waals surface area contributed by atoms with Crippen LogP contribution in [0.25, 0.3) is 0 Å². The minimum atomic E-state index is -0.0714. The van der Waals surface area contributed by atoms with Crippen LogP contribution < -0.4 is 16.4 Å². The van der Waals surface area contributed by atoms with Crippen molar-refractivity contribution in [1.82, 2.24) is 20.2 Å². The van der Waals surface area contributed by atoms with Crippen LogP contribution in [-0.4, -0.2) is 39.6 Å². The van der Waals surface area contributed by atoms with Crippen LogP contribution in [0.3, 0.4) is 0 Å². The molecule has 1 aliphatic heterocycles. The summed E-state index contributed by atoms with van der Waals surface area (Å²) >= 11 is 0. The molecule has 1 amide bonds. The number of aromatic nitrogens is 2. The van der Waals surface area contributed by atoms with Gasteiger partial charge < -0.3 is 21.8 Å². The highest BCUT2D eigenvalue weighted by Gasteiger charge is 2.27. The molecular weight excluding hydrogens is 438 g/mol. The van der Waals surface area contributed by atoms with Gasteiger partial charge in [-0.05, 0) is 63.5 Å². The maximum Gasteiger partial charge on any atom is 0.251 e. The highest BCUT2D eigenvalue weighted by atomic mass is 16.1. The second kappa shape index (κ2) is 12.3. The Labute approximate surface area is 208 Å². The van der Waals surface area contributed by atoms with Gasteiger partial charge in [0.25, 0.3) is 5.91 Å². The van der Waals surface area contributed by atoms with Crippen molar-refractivity contribution in [3.05, 3.63) is 70.2 Å². The number of fused-ring (bicyclic) bond motifs is 1. The van der Waals surface area contributed by atoms with Crippen molar-refractivity contribution in [1.29, 1.82) is 5.41 Å². The Morgan fingerprint density at radius 2 is 2.11 bits per heavy atom. The molecule has 186 valence electrons. The lowest BCUT2D eigenvalue weighted by Crippen LogP contribution is -2.35. The maximum atomic E-state index is 12.6. The number of rotatable bonds is 11. The molecule has 2 heterocycles. The molecule has 0 saturated carbocycles. The normalized spacial score (nSPS) is 15.0. The van der Waals surface area contributed by atoms with E-state index in [9.17, 15) is 4.79 Å². The Morgan fingerprint density at radius 3 is 2.80 bits per heavy atom. The number of nitrogens with one attached hydrogen (secondary N) is 3. The number of nitrogens with zero attached hydrogens (tertiary/aromatic N) is 3. The van der Waals surface area contributed by atoms with Crippen LogP contribution in [0.5, 0.6) is 0 Å². The van der Waals surface area contributed by atoms with Crippen molar-refractivity contribution in [2.45, 2.75) is 66.1 Å². The molecule has 1 aromatic carbocycles. The summed E-state index contributed by atoms with van der Waals surface area (Å²) in [4.78, 5) is 24.2. The summed E-state index contributed by atoms with van der Waals surface area (Å²) in [6.45, 7) is 10.2. The average Bonchev–Trinajstić information content (AvgIpc) is 3.27. The lowest BCUT2D eigenvalue weighted by molar-refractivity contribution is 0.0945. The van der Waals surface area contributed by atoms with Crippen molar-refractivity contribution in [2.75, 3.05) is 17.6 Å². The van der Waals surface area contributed by atoms with Gasteiger partial charge in [0.05, 0.1) is 11.4 Å². The molecule has 0 fully saturated rings. The van der Waals surface area contributed by atoms with Crippen molar-refractivity contribution < 1.29 is 4.79 Å². The summed E-state index contributed by atoms with van der Waals surface area (Å²) in [5.41, 5.74) is 11.9. The van der Waals surface area contributed by atoms with Crippen LogP contribution in [0.15, 0.2) is 47.8 Å². The molecule has 1 unspecified atom stereocenters. The van der Waals surface area contributed by atoms with Crippen LogP contribution in [0.2, 0.25) is 0 Å². The van der Waals surface area contributed by atoms with Gasteiger partial charge in [-0.3, -0.25) is 9.69 Å². The van der Waals surface area contributed by atoms with E-state index in [1.165, 1.54) is 6.21 Å². The highest BCUT2D eigenvalue weighted by molar-refractivity contribution is 5.94. The number of nitrogen functional groups attached to an aromatic ring is 1. The third-order valence-electron chi connectivity index (χ3n) is 6.36. The third-order valence-corrected chi connectivity index (χ3v) is 6.36. The lowest BCUT2D eigenvalue weighted by Gasteiger charge is -2.27. The second-order valence-electron chi connectivity index (χ2n) is 9.03. The number of carbonyl (C=O) groups excluding carboxylic acids is 1. The van der Waals surface area contributed by atoms with E-state index in [1.807, 2.05) is 45.2 Å². The molecule has 0 bridgehead atoms. The van der Waals surface area contributed by atoms with E-state index >= 15 is 0 Å². The molecule has 8 nitrogen and oxygen atoms in total. The Morgan fingerprint density at radius 1 is 1.31 bits per heavy atom. The van der Waals surface area contributed by atoms with E-state index in [0.29, 0.717) is 35.5 Å². The molecule has 5 N–H and O–H groups in total. The fraction of sp³-hybridized carbons (Fsp3) is 0.407. The molecule has 1 aromatic heterocycles. The number of nitrogens with two attached hydrogens (primary N) is 1. The fourth-order valence-corrected chi connectivity index (χ4v) is 4.18. The number of carbonyl (C=O) groups is 1. The van der Waals surface area contributed by atoms with E-state index in [-0.39, 0.29) is 5.91 Å². The average molecular weight is 476 g/mol. The van der Waals surface area contributed by atoms with E-state index in [0.717, 1.165) is 54.7 Å². The first-order valence-corrected chi connectivity index (χ1v) is 12.2. The highest BCUT2D eigenvalue weighted by Crippen LogP contribution is 2.26. The van der Waals surface area contributed by atoms with E-state index in [2.05, 4.69) is 27.4 Å². The summed E-state index contributed by atoms with van der Waals surface area (Å²) in [5.74, 6) is 0.431. The molecule has 3 rings (SSSR count). The predicted molar refractivity (Wildman–Crippen MR) is 142 cm³/mol. The monoisotopic (exact) mass is 475 g/mol.